The van der Waals surface area contributed by atoms with E-state index >= 15 is 0 Å². The minimum absolute atomic E-state index is 0.0855. The van der Waals surface area contributed by atoms with Gasteiger partial charge < -0.3 is 14.2 Å². The van der Waals surface area contributed by atoms with Gasteiger partial charge in [0.2, 0.25) is 0 Å². The molecule has 0 bridgehead atoms. The molecule has 1 saturated heterocycles. The number of benzene rings is 1. The van der Waals surface area contributed by atoms with E-state index in [0.29, 0.717) is 18.3 Å². The Hall–Kier alpha value is -1.76. The predicted octanol–water partition coefficient (Wildman–Crippen LogP) is 6.05. The molecule has 0 amide bonds. The number of carbonyl (C=O) groups is 1. The topological polar surface area (TPSA) is 44.8 Å². The molecule has 182 valence electrons. The lowest BCUT2D eigenvalue weighted by Crippen LogP contribution is -2.54. The van der Waals surface area contributed by atoms with E-state index in [-0.39, 0.29) is 41.9 Å². The van der Waals surface area contributed by atoms with Crippen LogP contribution < -0.4 is 4.74 Å². The van der Waals surface area contributed by atoms with Crippen molar-refractivity contribution < 1.29 is 32.2 Å². The largest absolute Gasteiger partial charge is 0.491 e. The molecule has 0 aromatic heterocycles. The van der Waals surface area contributed by atoms with E-state index in [4.69, 9.17) is 14.2 Å². The van der Waals surface area contributed by atoms with Crippen LogP contribution in [0.5, 0.6) is 5.75 Å². The van der Waals surface area contributed by atoms with E-state index in [2.05, 4.69) is 6.92 Å². The molecule has 4 nitrogen and oxygen atoms in total. The standard InChI is InChI=1S/C26H33F3O4/c1-24-10-7-17-18(20(24)8-11-25(24)9-3-4-23(30)33-25)6-5-16-14-22(32-13-12-31-2)21(15-19(16)17)26(27,28)29/h14-15,17-18,20H,3-13H2,1-2H3/t17?,18?,20?,24?,25-/m0/s1. The maximum atomic E-state index is 13.9. The Morgan fingerprint density at radius 3 is 2.64 bits per heavy atom. The van der Waals surface area contributed by atoms with Crippen molar-refractivity contribution in [3.63, 3.8) is 0 Å². The van der Waals surface area contributed by atoms with Gasteiger partial charge in [-0.2, -0.15) is 13.2 Å². The summed E-state index contributed by atoms with van der Waals surface area (Å²) in [6.45, 7) is 2.61. The lowest BCUT2D eigenvalue weighted by molar-refractivity contribution is -0.190. The van der Waals surface area contributed by atoms with Gasteiger partial charge in [0.1, 0.15) is 18.0 Å². The Morgan fingerprint density at radius 2 is 1.91 bits per heavy atom. The summed E-state index contributed by atoms with van der Waals surface area (Å²) in [5, 5.41) is 0. The fourth-order valence-electron chi connectivity index (χ4n) is 7.68. The van der Waals surface area contributed by atoms with E-state index in [1.807, 2.05) is 0 Å². The molecule has 2 saturated carbocycles. The highest BCUT2D eigenvalue weighted by Gasteiger charge is 2.64. The molecule has 4 unspecified atom stereocenters. The average Bonchev–Trinajstić information content (AvgIpc) is 3.04. The lowest BCUT2D eigenvalue weighted by Gasteiger charge is -2.55. The molecule has 3 aliphatic carbocycles. The Balaban J connectivity index is 1.46. The number of fused-ring (bicyclic) bond motifs is 6. The van der Waals surface area contributed by atoms with Crippen LogP contribution in [0.25, 0.3) is 0 Å². The second-order valence-corrected chi connectivity index (χ2v) is 10.6. The lowest BCUT2D eigenvalue weighted by atomic mass is 9.52. The van der Waals surface area contributed by atoms with Gasteiger partial charge in [-0.15, -0.1) is 0 Å². The number of hydrogen-bond acceptors (Lipinski definition) is 4. The maximum Gasteiger partial charge on any atom is 0.419 e. The first-order chi connectivity index (χ1) is 15.7. The van der Waals surface area contributed by atoms with Gasteiger partial charge in [-0.05, 0) is 92.4 Å². The summed E-state index contributed by atoms with van der Waals surface area (Å²) in [6, 6.07) is 2.99. The third-order valence-corrected chi connectivity index (χ3v) is 9.24. The molecular formula is C26H33F3O4. The normalized spacial score (nSPS) is 35.5. The molecule has 1 spiro atoms. The molecule has 0 radical (unpaired) electrons. The van der Waals surface area contributed by atoms with Crippen molar-refractivity contribution in [3.8, 4) is 5.75 Å². The molecule has 1 aliphatic heterocycles. The van der Waals surface area contributed by atoms with Gasteiger partial charge in [0, 0.05) is 18.9 Å². The van der Waals surface area contributed by atoms with Crippen molar-refractivity contribution in [3.05, 3.63) is 28.8 Å². The van der Waals surface area contributed by atoms with Crippen LogP contribution in [-0.2, 0) is 26.9 Å². The Kier molecular flexibility index (Phi) is 5.70. The van der Waals surface area contributed by atoms with Crippen LogP contribution in [0.4, 0.5) is 13.2 Å². The summed E-state index contributed by atoms with van der Waals surface area (Å²) in [6.07, 6.45) is 3.14. The van der Waals surface area contributed by atoms with Gasteiger partial charge >= 0.3 is 12.1 Å². The van der Waals surface area contributed by atoms with E-state index in [1.54, 1.807) is 6.07 Å². The molecule has 33 heavy (non-hydrogen) atoms. The molecular weight excluding hydrogens is 433 g/mol. The first-order valence-corrected chi connectivity index (χ1v) is 12.3. The first kappa shape index (κ1) is 23.0. The van der Waals surface area contributed by atoms with Crippen molar-refractivity contribution >= 4 is 5.97 Å². The number of ether oxygens (including phenoxy) is 3. The number of methoxy groups -OCH3 is 1. The summed E-state index contributed by atoms with van der Waals surface area (Å²) in [7, 11) is 1.50. The summed E-state index contributed by atoms with van der Waals surface area (Å²) in [5.41, 5.74) is 0.681. The van der Waals surface area contributed by atoms with Crippen LogP contribution in [0, 0.1) is 17.3 Å². The third-order valence-electron chi connectivity index (χ3n) is 9.24. The monoisotopic (exact) mass is 466 g/mol. The van der Waals surface area contributed by atoms with Crippen molar-refractivity contribution in [1.82, 2.24) is 0 Å². The number of rotatable bonds is 4. The SMILES string of the molecule is COCCOc1cc2c(cc1C(F)(F)F)C1CCC3(C)C(CC[C@@]34CCCC(=O)O4)C1CC2. The van der Waals surface area contributed by atoms with Gasteiger partial charge in [-0.1, -0.05) is 6.92 Å². The Morgan fingerprint density at radius 1 is 1.09 bits per heavy atom. The fourth-order valence-corrected chi connectivity index (χ4v) is 7.68. The van der Waals surface area contributed by atoms with Crippen molar-refractivity contribution in [2.24, 2.45) is 17.3 Å². The maximum absolute atomic E-state index is 13.9. The zero-order valence-electron chi connectivity index (χ0n) is 19.4. The molecule has 1 heterocycles. The molecule has 5 rings (SSSR count). The number of esters is 1. The molecule has 7 heteroatoms. The van der Waals surface area contributed by atoms with Gasteiger partial charge in [0.05, 0.1) is 12.2 Å². The molecule has 5 atom stereocenters. The van der Waals surface area contributed by atoms with Gasteiger partial charge in [-0.3, -0.25) is 4.79 Å². The van der Waals surface area contributed by atoms with E-state index < -0.39 is 11.7 Å². The molecule has 4 aliphatic rings. The first-order valence-electron chi connectivity index (χ1n) is 12.3. The second kappa shape index (κ2) is 8.17. The summed E-state index contributed by atoms with van der Waals surface area (Å²) in [5.74, 6) is 0.650. The van der Waals surface area contributed by atoms with Crippen molar-refractivity contribution in [2.75, 3.05) is 20.3 Å². The Bertz CT molecular complexity index is 929. The van der Waals surface area contributed by atoms with Crippen molar-refractivity contribution in [2.45, 2.75) is 82.4 Å². The highest BCUT2D eigenvalue weighted by molar-refractivity contribution is 5.71. The zero-order chi connectivity index (χ0) is 23.4. The van der Waals surface area contributed by atoms with Crippen LogP contribution in [0.2, 0.25) is 0 Å². The number of carbonyl (C=O) groups excluding carboxylic acids is 1. The number of halogens is 3. The van der Waals surface area contributed by atoms with Crippen LogP contribution in [0.15, 0.2) is 12.1 Å². The minimum Gasteiger partial charge on any atom is -0.491 e. The Labute approximate surface area is 193 Å². The zero-order valence-corrected chi connectivity index (χ0v) is 19.4. The van der Waals surface area contributed by atoms with E-state index in [0.717, 1.165) is 62.5 Å². The summed E-state index contributed by atoms with van der Waals surface area (Å²) < 4.78 is 58.3. The smallest absolute Gasteiger partial charge is 0.419 e. The quantitative estimate of drug-likeness (QED) is 0.400. The van der Waals surface area contributed by atoms with Crippen molar-refractivity contribution in [1.29, 1.82) is 0 Å². The molecule has 3 fully saturated rings. The number of hydrogen-bond donors (Lipinski definition) is 0. The molecule has 1 aromatic rings. The van der Waals surface area contributed by atoms with Gasteiger partial charge in [-0.25, -0.2) is 0 Å². The number of alkyl halides is 3. The highest BCUT2D eigenvalue weighted by Crippen LogP contribution is 2.67. The highest BCUT2D eigenvalue weighted by atomic mass is 19.4. The van der Waals surface area contributed by atoms with Crippen LogP contribution in [0.1, 0.15) is 80.9 Å². The second-order valence-electron chi connectivity index (χ2n) is 10.6. The van der Waals surface area contributed by atoms with Gasteiger partial charge in [0.15, 0.2) is 0 Å². The molecule has 1 aromatic carbocycles. The van der Waals surface area contributed by atoms with Gasteiger partial charge in [0.25, 0.3) is 0 Å². The molecule has 0 N–H and O–H groups in total. The third kappa shape index (κ3) is 3.65. The summed E-state index contributed by atoms with van der Waals surface area (Å²) >= 11 is 0. The number of aryl methyl sites for hydroxylation is 1. The van der Waals surface area contributed by atoms with Crippen LogP contribution in [0.3, 0.4) is 0 Å². The van der Waals surface area contributed by atoms with Crippen LogP contribution in [-0.4, -0.2) is 31.9 Å². The van der Waals surface area contributed by atoms with E-state index in [1.165, 1.54) is 13.2 Å². The summed E-state index contributed by atoms with van der Waals surface area (Å²) in [4.78, 5) is 12.2. The predicted molar refractivity (Wildman–Crippen MR) is 116 cm³/mol. The fraction of sp³-hybridized carbons (Fsp3) is 0.731. The minimum atomic E-state index is -4.47. The average molecular weight is 467 g/mol. The van der Waals surface area contributed by atoms with E-state index in [9.17, 15) is 18.0 Å². The van der Waals surface area contributed by atoms with Crippen LogP contribution >= 0.6 is 0 Å².